The number of unbranched alkanes of at least 4 members (excludes halogenated alkanes) is 26. The standard InChI is InChI=1S/C77H126O6/c1-4-7-10-13-16-19-22-25-28-30-31-32-33-34-35-36-37-38-39-40-41-42-43-44-45-47-49-52-55-58-61-64-67-70-76(79)82-73-74(72-81-75(78)69-66-63-60-57-54-51-48-27-24-21-18-15-12-9-6-3)83-77(80)71-68-65-62-59-56-53-50-46-29-26-23-20-17-14-11-8-5-2/h7,9-10,12,16,18-19,21,25-29,31-32,34-35,37-38,40-41,48,54,57,74H,4-6,8,11,13-15,17,20,22-24,30,33,36,39,42-47,49-53,55-56,58-73H2,1-3H3/b10-7-,12-9-,19-16-,21-18-,28-25-,29-26-,32-31-,35-34-,38-37-,41-40-,48-27-,57-54-. The second-order valence-electron chi connectivity index (χ2n) is 22.3. The third-order valence-corrected chi connectivity index (χ3v) is 14.3. The topological polar surface area (TPSA) is 78.9 Å². The van der Waals surface area contributed by atoms with Crippen molar-refractivity contribution in [2.75, 3.05) is 13.2 Å². The molecule has 6 nitrogen and oxygen atoms in total. The van der Waals surface area contributed by atoms with E-state index in [4.69, 9.17) is 14.2 Å². The van der Waals surface area contributed by atoms with E-state index in [0.717, 1.165) is 128 Å². The monoisotopic (exact) mass is 1150 g/mol. The number of carbonyl (C=O) groups is 3. The molecular weight excluding hydrogens is 1020 g/mol. The van der Waals surface area contributed by atoms with E-state index in [1.807, 2.05) is 0 Å². The highest BCUT2D eigenvalue weighted by Gasteiger charge is 2.19. The highest BCUT2D eigenvalue weighted by Crippen LogP contribution is 2.16. The van der Waals surface area contributed by atoms with Crippen molar-refractivity contribution >= 4 is 17.9 Å². The van der Waals surface area contributed by atoms with Crippen molar-refractivity contribution in [1.82, 2.24) is 0 Å². The van der Waals surface area contributed by atoms with Gasteiger partial charge in [-0.2, -0.15) is 0 Å². The summed E-state index contributed by atoms with van der Waals surface area (Å²) in [5.41, 5.74) is 0. The first-order valence-electron chi connectivity index (χ1n) is 34.3. The molecule has 0 rings (SSSR count). The molecule has 83 heavy (non-hydrogen) atoms. The summed E-state index contributed by atoms with van der Waals surface area (Å²) in [6.45, 7) is 6.38. The molecule has 0 spiro atoms. The van der Waals surface area contributed by atoms with Crippen molar-refractivity contribution in [3.63, 3.8) is 0 Å². The zero-order valence-corrected chi connectivity index (χ0v) is 53.9. The highest BCUT2D eigenvalue weighted by atomic mass is 16.6. The normalized spacial score (nSPS) is 13.0. The summed E-state index contributed by atoms with van der Waals surface area (Å²) < 4.78 is 16.9. The van der Waals surface area contributed by atoms with Crippen LogP contribution in [0.1, 0.15) is 303 Å². The van der Waals surface area contributed by atoms with E-state index >= 15 is 0 Å². The average Bonchev–Trinajstić information content (AvgIpc) is 3.49. The molecule has 0 aromatic heterocycles. The van der Waals surface area contributed by atoms with Gasteiger partial charge in [-0.1, -0.05) is 289 Å². The maximum Gasteiger partial charge on any atom is 0.306 e. The molecule has 0 heterocycles. The van der Waals surface area contributed by atoms with Crippen LogP contribution >= 0.6 is 0 Å². The average molecular weight is 1150 g/mol. The lowest BCUT2D eigenvalue weighted by Crippen LogP contribution is -2.30. The van der Waals surface area contributed by atoms with Crippen LogP contribution in [0.15, 0.2) is 146 Å². The molecule has 0 aliphatic carbocycles. The van der Waals surface area contributed by atoms with Gasteiger partial charge in [0, 0.05) is 19.3 Å². The van der Waals surface area contributed by atoms with Gasteiger partial charge in [-0.25, -0.2) is 0 Å². The van der Waals surface area contributed by atoms with Gasteiger partial charge in [0.15, 0.2) is 6.10 Å². The second-order valence-corrected chi connectivity index (χ2v) is 22.3. The minimum atomic E-state index is -0.805. The van der Waals surface area contributed by atoms with Crippen molar-refractivity contribution in [2.24, 2.45) is 0 Å². The maximum atomic E-state index is 12.9. The molecule has 0 fully saturated rings. The number of hydrogen-bond acceptors (Lipinski definition) is 6. The quantitative estimate of drug-likeness (QED) is 0.0261. The fourth-order valence-electron chi connectivity index (χ4n) is 9.23. The number of esters is 3. The van der Waals surface area contributed by atoms with Gasteiger partial charge in [0.25, 0.3) is 0 Å². The Hall–Kier alpha value is -4.71. The molecule has 0 saturated heterocycles. The number of hydrogen-bond donors (Lipinski definition) is 0. The van der Waals surface area contributed by atoms with Gasteiger partial charge in [-0.15, -0.1) is 0 Å². The predicted molar refractivity (Wildman–Crippen MR) is 362 cm³/mol. The van der Waals surface area contributed by atoms with Crippen molar-refractivity contribution in [3.8, 4) is 0 Å². The van der Waals surface area contributed by atoms with E-state index in [1.165, 1.54) is 135 Å². The van der Waals surface area contributed by atoms with Gasteiger partial charge in [-0.3, -0.25) is 14.4 Å². The summed E-state index contributed by atoms with van der Waals surface area (Å²) in [4.78, 5) is 38.4. The lowest BCUT2D eigenvalue weighted by atomic mass is 10.0. The Bertz CT molecular complexity index is 1800. The number of carbonyl (C=O) groups excluding carboxylic acids is 3. The van der Waals surface area contributed by atoms with Crippen LogP contribution in [0.25, 0.3) is 0 Å². The molecule has 1 unspecified atom stereocenters. The summed E-state index contributed by atoms with van der Waals surface area (Å²) in [5.74, 6) is -0.943. The first-order chi connectivity index (χ1) is 41.0. The third kappa shape index (κ3) is 68.0. The van der Waals surface area contributed by atoms with Gasteiger partial charge in [0.1, 0.15) is 13.2 Å². The molecule has 0 saturated carbocycles. The zero-order chi connectivity index (χ0) is 59.9. The van der Waals surface area contributed by atoms with E-state index in [2.05, 4.69) is 167 Å². The molecule has 0 amide bonds. The van der Waals surface area contributed by atoms with Crippen molar-refractivity contribution < 1.29 is 28.6 Å². The van der Waals surface area contributed by atoms with Crippen LogP contribution in [0.5, 0.6) is 0 Å². The summed E-state index contributed by atoms with van der Waals surface area (Å²) in [7, 11) is 0. The molecule has 0 aromatic rings. The van der Waals surface area contributed by atoms with Gasteiger partial charge < -0.3 is 14.2 Å². The zero-order valence-electron chi connectivity index (χ0n) is 53.9. The van der Waals surface area contributed by atoms with Crippen LogP contribution in [-0.2, 0) is 28.6 Å². The molecule has 0 aliphatic rings. The smallest absolute Gasteiger partial charge is 0.306 e. The Balaban J connectivity index is 4.31. The van der Waals surface area contributed by atoms with Crippen molar-refractivity contribution in [3.05, 3.63) is 146 Å². The first-order valence-corrected chi connectivity index (χ1v) is 34.3. The molecule has 6 heteroatoms. The summed E-state index contributed by atoms with van der Waals surface area (Å²) in [6, 6.07) is 0. The van der Waals surface area contributed by atoms with Gasteiger partial charge in [0.05, 0.1) is 0 Å². The summed E-state index contributed by atoms with van der Waals surface area (Å²) in [6.07, 6.45) is 100. The fraction of sp³-hybridized carbons (Fsp3) is 0.649. The van der Waals surface area contributed by atoms with Crippen molar-refractivity contribution in [2.45, 2.75) is 309 Å². The van der Waals surface area contributed by atoms with Crippen LogP contribution in [-0.4, -0.2) is 37.2 Å². The molecule has 0 N–H and O–H groups in total. The minimum absolute atomic E-state index is 0.0975. The van der Waals surface area contributed by atoms with E-state index in [9.17, 15) is 14.4 Å². The van der Waals surface area contributed by atoms with Crippen molar-refractivity contribution in [1.29, 1.82) is 0 Å². The van der Waals surface area contributed by atoms with Crippen LogP contribution in [0.3, 0.4) is 0 Å². The van der Waals surface area contributed by atoms with Gasteiger partial charge >= 0.3 is 17.9 Å². The third-order valence-electron chi connectivity index (χ3n) is 14.3. The minimum Gasteiger partial charge on any atom is -0.462 e. The lowest BCUT2D eigenvalue weighted by molar-refractivity contribution is -0.167. The lowest BCUT2D eigenvalue weighted by Gasteiger charge is -2.18. The molecular formula is C77H126O6. The Morgan fingerprint density at radius 1 is 0.253 bits per heavy atom. The Morgan fingerprint density at radius 3 is 0.771 bits per heavy atom. The highest BCUT2D eigenvalue weighted by molar-refractivity contribution is 5.71. The molecule has 0 aliphatic heterocycles. The predicted octanol–water partition coefficient (Wildman–Crippen LogP) is 23.9. The summed E-state index contributed by atoms with van der Waals surface area (Å²) >= 11 is 0. The van der Waals surface area contributed by atoms with E-state index < -0.39 is 6.10 Å². The Labute approximate surface area is 512 Å². The fourth-order valence-corrected chi connectivity index (χ4v) is 9.23. The van der Waals surface area contributed by atoms with Gasteiger partial charge in [0.2, 0.25) is 0 Å². The number of rotatable bonds is 61. The van der Waals surface area contributed by atoms with Gasteiger partial charge in [-0.05, 0) is 141 Å². The molecule has 470 valence electrons. The van der Waals surface area contributed by atoms with Crippen LogP contribution < -0.4 is 0 Å². The van der Waals surface area contributed by atoms with Crippen LogP contribution in [0, 0.1) is 0 Å². The van der Waals surface area contributed by atoms with E-state index in [-0.39, 0.29) is 31.1 Å². The maximum absolute atomic E-state index is 12.9. The molecule has 0 bridgehead atoms. The van der Waals surface area contributed by atoms with E-state index in [0.29, 0.717) is 19.3 Å². The number of allylic oxidation sites excluding steroid dienone is 24. The largest absolute Gasteiger partial charge is 0.462 e. The second kappa shape index (κ2) is 69.8. The first kappa shape index (κ1) is 78.3. The van der Waals surface area contributed by atoms with E-state index in [1.54, 1.807) is 0 Å². The molecule has 0 aromatic carbocycles. The van der Waals surface area contributed by atoms with Crippen LogP contribution in [0.4, 0.5) is 0 Å². The SMILES string of the molecule is CC/C=C\C/C=C\C/C=C\C/C=C\C/C=C\C/C=C\C/C=C\CCCCCCCCCCCCCC(=O)OCC(COC(=O)CCCC/C=C\C/C=C\C/C=C\C/C=C\CC)OC(=O)CCCCCCCCC/C=C\CCCCCCCC. The Kier molecular flexibility index (Phi) is 65.8. The van der Waals surface area contributed by atoms with Crippen LogP contribution in [0.2, 0.25) is 0 Å². The summed E-state index contributed by atoms with van der Waals surface area (Å²) in [5, 5.41) is 0. The number of ether oxygens (including phenoxy) is 3. The Morgan fingerprint density at radius 2 is 0.470 bits per heavy atom. The molecule has 0 radical (unpaired) electrons. The molecule has 1 atom stereocenters.